The van der Waals surface area contributed by atoms with Crippen LogP contribution in [0, 0.1) is 0 Å². The summed E-state index contributed by atoms with van der Waals surface area (Å²) in [5.41, 5.74) is 3.00. The molecule has 0 fully saturated rings. The molecule has 0 aromatic heterocycles. The molecule has 122 valence electrons. The van der Waals surface area contributed by atoms with E-state index in [-0.39, 0.29) is 11.9 Å². The Morgan fingerprint density at radius 3 is 2.46 bits per heavy atom. The number of hydrogen-bond donors (Lipinski definition) is 3. The number of rotatable bonds is 3. The molecule has 2 aromatic carbocycles. The van der Waals surface area contributed by atoms with Gasteiger partial charge in [0.2, 0.25) is 0 Å². The van der Waals surface area contributed by atoms with E-state index in [9.17, 15) is 4.79 Å². The first-order chi connectivity index (χ1) is 11.5. The van der Waals surface area contributed by atoms with Crippen molar-refractivity contribution in [2.24, 2.45) is 0 Å². The van der Waals surface area contributed by atoms with Gasteiger partial charge < -0.3 is 16.0 Å². The van der Waals surface area contributed by atoms with Crippen LogP contribution in [-0.2, 0) is 4.79 Å². The van der Waals surface area contributed by atoms with Crippen LogP contribution in [0.1, 0.15) is 18.5 Å². The number of carbonyl (C=O) groups is 1. The van der Waals surface area contributed by atoms with E-state index in [1.165, 1.54) is 0 Å². The molecule has 1 amide bonds. The van der Waals surface area contributed by atoms with Crippen LogP contribution < -0.4 is 16.0 Å². The second-order valence-corrected chi connectivity index (χ2v) is 6.29. The van der Waals surface area contributed by atoms with Crippen molar-refractivity contribution in [1.29, 1.82) is 0 Å². The minimum absolute atomic E-state index is 0.189. The molecule has 3 N–H and O–H groups in total. The number of anilines is 1. The molecular weight excluding hydrogens is 342 g/mol. The Bertz CT molecular complexity index is 803. The third-order valence-corrected chi connectivity index (χ3v) is 4.22. The predicted octanol–water partition coefficient (Wildman–Crippen LogP) is 3.77. The van der Waals surface area contributed by atoms with Crippen LogP contribution in [0.5, 0.6) is 0 Å². The second kappa shape index (κ2) is 7.03. The number of nitrogens with one attached hydrogen (secondary N) is 3. The Kier molecular flexibility index (Phi) is 4.83. The van der Waals surface area contributed by atoms with E-state index in [0.717, 1.165) is 11.3 Å². The van der Waals surface area contributed by atoms with Gasteiger partial charge in [0.25, 0.3) is 5.91 Å². The van der Waals surface area contributed by atoms with Gasteiger partial charge in [-0.1, -0.05) is 41.9 Å². The monoisotopic (exact) mass is 357 g/mol. The van der Waals surface area contributed by atoms with Gasteiger partial charge in [0, 0.05) is 16.4 Å². The smallest absolute Gasteiger partial charge is 0.255 e. The number of carbonyl (C=O) groups excluding carboxylic acids is 1. The lowest BCUT2D eigenvalue weighted by atomic mass is 9.95. The van der Waals surface area contributed by atoms with Crippen LogP contribution >= 0.6 is 23.8 Å². The molecule has 0 bridgehead atoms. The Labute approximate surface area is 150 Å². The van der Waals surface area contributed by atoms with Crippen molar-refractivity contribution in [3.05, 3.63) is 76.5 Å². The summed E-state index contributed by atoms with van der Waals surface area (Å²) < 4.78 is 0. The van der Waals surface area contributed by atoms with Crippen molar-refractivity contribution >= 4 is 40.5 Å². The number of allylic oxidation sites excluding steroid dienone is 1. The van der Waals surface area contributed by atoms with Gasteiger partial charge in [-0.15, -0.1) is 0 Å². The summed E-state index contributed by atoms with van der Waals surface area (Å²) in [5, 5.41) is 10.2. The third kappa shape index (κ3) is 3.58. The SMILES string of the molecule is CC1=C(C(=O)Nc2ccc(Cl)cc2)[C@@H](c2ccccc2)NC(=S)N1. The third-order valence-electron chi connectivity index (χ3n) is 3.75. The largest absolute Gasteiger partial charge is 0.351 e. The number of hydrogen-bond acceptors (Lipinski definition) is 2. The zero-order chi connectivity index (χ0) is 17.1. The lowest BCUT2D eigenvalue weighted by Crippen LogP contribution is -2.45. The maximum absolute atomic E-state index is 12.8. The van der Waals surface area contributed by atoms with Crippen molar-refractivity contribution in [2.75, 3.05) is 5.32 Å². The van der Waals surface area contributed by atoms with Crippen molar-refractivity contribution in [3.8, 4) is 0 Å². The molecule has 0 saturated carbocycles. The highest BCUT2D eigenvalue weighted by molar-refractivity contribution is 7.80. The van der Waals surface area contributed by atoms with Gasteiger partial charge in [0.1, 0.15) is 0 Å². The van der Waals surface area contributed by atoms with Crippen LogP contribution in [0.25, 0.3) is 0 Å². The van der Waals surface area contributed by atoms with Crippen LogP contribution in [0.2, 0.25) is 5.02 Å². The van der Waals surface area contributed by atoms with Crippen LogP contribution in [0.15, 0.2) is 65.9 Å². The topological polar surface area (TPSA) is 53.2 Å². The number of benzene rings is 2. The van der Waals surface area contributed by atoms with E-state index in [1.54, 1.807) is 24.3 Å². The van der Waals surface area contributed by atoms with Gasteiger partial charge >= 0.3 is 0 Å². The Balaban J connectivity index is 1.92. The van der Waals surface area contributed by atoms with Gasteiger partial charge in [-0.3, -0.25) is 4.79 Å². The first kappa shape index (κ1) is 16.5. The summed E-state index contributed by atoms with van der Waals surface area (Å²) >= 11 is 11.1. The molecule has 1 heterocycles. The highest BCUT2D eigenvalue weighted by Gasteiger charge is 2.29. The summed E-state index contributed by atoms with van der Waals surface area (Å²) in [5.74, 6) is -0.189. The quantitative estimate of drug-likeness (QED) is 0.732. The van der Waals surface area contributed by atoms with Crippen molar-refractivity contribution in [2.45, 2.75) is 13.0 Å². The Morgan fingerprint density at radius 1 is 1.12 bits per heavy atom. The number of halogens is 1. The van der Waals surface area contributed by atoms with Crippen LogP contribution in [0.3, 0.4) is 0 Å². The zero-order valence-electron chi connectivity index (χ0n) is 13.0. The average Bonchev–Trinajstić information content (AvgIpc) is 2.57. The van der Waals surface area contributed by atoms with Gasteiger partial charge in [-0.05, 0) is 49.0 Å². The fraction of sp³-hybridized carbons (Fsp3) is 0.111. The summed E-state index contributed by atoms with van der Waals surface area (Å²) in [4.78, 5) is 12.8. The molecule has 4 nitrogen and oxygen atoms in total. The van der Waals surface area contributed by atoms with E-state index >= 15 is 0 Å². The molecule has 6 heteroatoms. The fourth-order valence-electron chi connectivity index (χ4n) is 2.62. The van der Waals surface area contributed by atoms with E-state index in [4.69, 9.17) is 23.8 Å². The van der Waals surface area contributed by atoms with E-state index in [0.29, 0.717) is 21.4 Å². The molecule has 2 aromatic rings. The molecule has 0 radical (unpaired) electrons. The molecule has 0 unspecified atom stereocenters. The molecule has 0 aliphatic carbocycles. The molecule has 24 heavy (non-hydrogen) atoms. The standard InChI is InChI=1S/C18H16ClN3OS/c1-11-15(17(23)21-14-9-7-13(19)8-10-14)16(22-18(24)20-11)12-5-3-2-4-6-12/h2-10,16H,1H3,(H,21,23)(H2,20,22,24)/t16-/m1/s1. The first-order valence-corrected chi connectivity index (χ1v) is 8.23. The molecule has 1 aliphatic heterocycles. The predicted molar refractivity (Wildman–Crippen MR) is 101 cm³/mol. The molecular formula is C18H16ClN3OS. The maximum atomic E-state index is 12.8. The number of thiocarbonyl (C=S) groups is 1. The van der Waals surface area contributed by atoms with Crippen molar-refractivity contribution in [3.63, 3.8) is 0 Å². The second-order valence-electron chi connectivity index (χ2n) is 5.44. The molecule has 1 atom stereocenters. The average molecular weight is 358 g/mol. The van der Waals surface area contributed by atoms with Crippen molar-refractivity contribution in [1.82, 2.24) is 10.6 Å². The fourth-order valence-corrected chi connectivity index (χ4v) is 3.02. The van der Waals surface area contributed by atoms with Gasteiger partial charge in [-0.25, -0.2) is 0 Å². The summed E-state index contributed by atoms with van der Waals surface area (Å²) in [6, 6.07) is 16.4. The minimum Gasteiger partial charge on any atom is -0.351 e. The van der Waals surface area contributed by atoms with Crippen LogP contribution in [0.4, 0.5) is 5.69 Å². The summed E-state index contributed by atoms with van der Waals surface area (Å²) in [7, 11) is 0. The van der Waals surface area contributed by atoms with E-state index in [2.05, 4.69) is 16.0 Å². The highest BCUT2D eigenvalue weighted by atomic mass is 35.5. The highest BCUT2D eigenvalue weighted by Crippen LogP contribution is 2.27. The first-order valence-electron chi connectivity index (χ1n) is 7.45. The zero-order valence-corrected chi connectivity index (χ0v) is 14.5. The lowest BCUT2D eigenvalue weighted by Gasteiger charge is -2.30. The molecule has 1 aliphatic rings. The normalized spacial score (nSPS) is 17.1. The summed E-state index contributed by atoms with van der Waals surface area (Å²) in [6.45, 7) is 1.85. The van der Waals surface area contributed by atoms with Crippen LogP contribution in [-0.4, -0.2) is 11.0 Å². The minimum atomic E-state index is -0.299. The molecule has 3 rings (SSSR count). The van der Waals surface area contributed by atoms with Crippen molar-refractivity contribution < 1.29 is 4.79 Å². The van der Waals surface area contributed by atoms with E-state index in [1.807, 2.05) is 37.3 Å². The number of amides is 1. The van der Waals surface area contributed by atoms with Gasteiger partial charge in [0.05, 0.1) is 11.6 Å². The Morgan fingerprint density at radius 2 is 1.79 bits per heavy atom. The lowest BCUT2D eigenvalue weighted by molar-refractivity contribution is -0.113. The Hall–Kier alpha value is -2.37. The van der Waals surface area contributed by atoms with E-state index < -0.39 is 0 Å². The van der Waals surface area contributed by atoms with Gasteiger partial charge in [0.15, 0.2) is 5.11 Å². The summed E-state index contributed by atoms with van der Waals surface area (Å²) in [6.07, 6.45) is 0. The van der Waals surface area contributed by atoms with Gasteiger partial charge in [-0.2, -0.15) is 0 Å². The molecule has 0 spiro atoms. The maximum Gasteiger partial charge on any atom is 0.255 e. The molecule has 0 saturated heterocycles.